The lowest BCUT2D eigenvalue weighted by Crippen LogP contribution is -2.49. The van der Waals surface area contributed by atoms with Crippen LogP contribution in [0.15, 0.2) is 42.9 Å². The zero-order valence-corrected chi connectivity index (χ0v) is 12.5. The Labute approximate surface area is 126 Å². The molecule has 2 heterocycles. The van der Waals surface area contributed by atoms with Crippen LogP contribution in [-0.4, -0.2) is 40.7 Å². The summed E-state index contributed by atoms with van der Waals surface area (Å²) < 4.78 is 5.76. The minimum Gasteiger partial charge on any atom is -0.380 e. The van der Waals surface area contributed by atoms with Gasteiger partial charge in [0.2, 0.25) is 0 Å². The number of methoxy groups -OCH3 is 1. The predicted molar refractivity (Wildman–Crippen MR) is 83.0 cm³/mol. The Kier molecular flexibility index (Phi) is 4.68. The third kappa shape index (κ3) is 3.52. The van der Waals surface area contributed by atoms with Crippen LogP contribution in [0.3, 0.4) is 0 Å². The molecule has 0 unspecified atom stereocenters. The number of nitrogens with zero attached hydrogens (tertiary/aromatic N) is 2. The Bertz CT molecular complexity index is 526. The van der Waals surface area contributed by atoms with E-state index in [0.29, 0.717) is 12.1 Å². The molecule has 0 aliphatic carbocycles. The van der Waals surface area contributed by atoms with E-state index in [1.807, 2.05) is 13.3 Å². The quantitative estimate of drug-likeness (QED) is 0.918. The second kappa shape index (κ2) is 6.87. The van der Waals surface area contributed by atoms with E-state index in [9.17, 15) is 0 Å². The average molecular weight is 285 g/mol. The van der Waals surface area contributed by atoms with Crippen LogP contribution in [0.2, 0.25) is 0 Å². The number of imidazole rings is 1. The maximum absolute atomic E-state index is 5.76. The number of rotatable bonds is 5. The third-order valence-corrected chi connectivity index (χ3v) is 4.35. The van der Waals surface area contributed by atoms with Crippen molar-refractivity contribution in [1.82, 2.24) is 14.9 Å². The zero-order valence-electron chi connectivity index (χ0n) is 12.5. The van der Waals surface area contributed by atoms with Gasteiger partial charge in [0.1, 0.15) is 0 Å². The van der Waals surface area contributed by atoms with E-state index in [2.05, 4.69) is 45.2 Å². The second-order valence-corrected chi connectivity index (χ2v) is 5.72. The molecule has 1 aromatic heterocycles. The van der Waals surface area contributed by atoms with Crippen LogP contribution in [0.1, 0.15) is 24.1 Å². The van der Waals surface area contributed by atoms with E-state index in [-0.39, 0.29) is 0 Å². The summed E-state index contributed by atoms with van der Waals surface area (Å²) in [6.07, 6.45) is 7.34. The monoisotopic (exact) mass is 285 g/mol. The highest BCUT2D eigenvalue weighted by molar-refractivity contribution is 5.17. The highest BCUT2D eigenvalue weighted by Gasteiger charge is 2.31. The number of hydrogen-bond donors (Lipinski definition) is 1. The topological polar surface area (TPSA) is 41.1 Å². The van der Waals surface area contributed by atoms with Crippen molar-refractivity contribution in [1.29, 1.82) is 0 Å². The van der Waals surface area contributed by atoms with E-state index in [1.165, 1.54) is 17.7 Å². The highest BCUT2D eigenvalue weighted by atomic mass is 16.5. The fraction of sp³-hybridized carbons (Fsp3) is 0.471. The number of benzene rings is 1. The standard InChI is InChI=1S/C17H23N3O/c1-21-17-8-5-9-20(12-15-11-18-13-19-15)16(17)10-14-6-3-2-4-7-14/h2-4,6-7,11,13,16-17H,5,8-10,12H2,1H3,(H,18,19)/t16-,17-/m0/s1. The molecule has 3 rings (SSSR count). The van der Waals surface area contributed by atoms with Gasteiger partial charge >= 0.3 is 0 Å². The minimum atomic E-state index is 0.307. The van der Waals surface area contributed by atoms with Gasteiger partial charge in [0.15, 0.2) is 0 Å². The fourth-order valence-corrected chi connectivity index (χ4v) is 3.27. The molecule has 1 aromatic carbocycles. The van der Waals surface area contributed by atoms with Crippen molar-refractivity contribution >= 4 is 0 Å². The lowest BCUT2D eigenvalue weighted by molar-refractivity contribution is -0.0221. The van der Waals surface area contributed by atoms with Crippen LogP contribution < -0.4 is 0 Å². The summed E-state index contributed by atoms with van der Waals surface area (Å²) in [7, 11) is 1.84. The summed E-state index contributed by atoms with van der Waals surface area (Å²) in [4.78, 5) is 9.86. The molecule has 1 saturated heterocycles. The number of H-pyrrole nitrogens is 1. The molecule has 1 aliphatic rings. The first-order valence-electron chi connectivity index (χ1n) is 7.65. The number of hydrogen-bond acceptors (Lipinski definition) is 3. The van der Waals surface area contributed by atoms with Crippen molar-refractivity contribution in [3.8, 4) is 0 Å². The Hall–Kier alpha value is -1.65. The summed E-state index contributed by atoms with van der Waals surface area (Å²) in [5.74, 6) is 0. The molecule has 0 radical (unpaired) electrons. The van der Waals surface area contributed by atoms with E-state index in [4.69, 9.17) is 4.74 Å². The molecule has 1 fully saturated rings. The molecule has 112 valence electrons. The summed E-state index contributed by atoms with van der Waals surface area (Å²) in [5.41, 5.74) is 2.55. The molecular weight excluding hydrogens is 262 g/mol. The number of nitrogens with one attached hydrogen (secondary N) is 1. The minimum absolute atomic E-state index is 0.307. The molecule has 0 bridgehead atoms. The molecule has 4 nitrogen and oxygen atoms in total. The molecule has 0 spiro atoms. The van der Waals surface area contributed by atoms with Gasteiger partial charge in [-0.2, -0.15) is 0 Å². The third-order valence-electron chi connectivity index (χ3n) is 4.35. The summed E-state index contributed by atoms with van der Waals surface area (Å²) in [6, 6.07) is 11.1. The molecule has 0 amide bonds. The molecule has 1 N–H and O–H groups in total. The second-order valence-electron chi connectivity index (χ2n) is 5.72. The molecule has 0 saturated carbocycles. The van der Waals surface area contributed by atoms with Gasteiger partial charge in [0.25, 0.3) is 0 Å². The highest BCUT2D eigenvalue weighted by Crippen LogP contribution is 2.24. The first-order valence-corrected chi connectivity index (χ1v) is 7.65. The van der Waals surface area contributed by atoms with Gasteiger partial charge in [-0.25, -0.2) is 4.98 Å². The molecule has 1 aliphatic heterocycles. The molecular formula is C17H23N3O. The van der Waals surface area contributed by atoms with Crippen molar-refractivity contribution in [2.24, 2.45) is 0 Å². The maximum atomic E-state index is 5.76. The first kappa shape index (κ1) is 14.3. The van der Waals surface area contributed by atoms with E-state index in [0.717, 1.165) is 25.9 Å². The van der Waals surface area contributed by atoms with Crippen molar-refractivity contribution in [2.45, 2.75) is 38.0 Å². The zero-order chi connectivity index (χ0) is 14.5. The van der Waals surface area contributed by atoms with Crippen LogP contribution in [0, 0.1) is 0 Å². The Balaban J connectivity index is 1.75. The lowest BCUT2D eigenvalue weighted by atomic mass is 9.92. The van der Waals surface area contributed by atoms with E-state index >= 15 is 0 Å². The summed E-state index contributed by atoms with van der Waals surface area (Å²) in [6.45, 7) is 2.04. The van der Waals surface area contributed by atoms with Crippen LogP contribution in [-0.2, 0) is 17.7 Å². The van der Waals surface area contributed by atoms with Gasteiger partial charge in [0, 0.05) is 31.6 Å². The number of ether oxygens (including phenoxy) is 1. The molecule has 2 aromatic rings. The van der Waals surface area contributed by atoms with Crippen molar-refractivity contribution in [3.05, 3.63) is 54.1 Å². The number of likely N-dealkylation sites (tertiary alicyclic amines) is 1. The largest absolute Gasteiger partial charge is 0.380 e. The SMILES string of the molecule is CO[C@H]1CCCN(Cc2cnc[nH]2)[C@H]1Cc1ccccc1. The predicted octanol–water partition coefficient (Wildman–Crippen LogP) is 2.63. The van der Waals surface area contributed by atoms with Crippen molar-refractivity contribution in [3.63, 3.8) is 0 Å². The van der Waals surface area contributed by atoms with E-state index in [1.54, 1.807) is 6.33 Å². The van der Waals surface area contributed by atoms with Gasteiger partial charge < -0.3 is 9.72 Å². The number of aromatic amines is 1. The summed E-state index contributed by atoms with van der Waals surface area (Å²) in [5, 5.41) is 0. The van der Waals surface area contributed by atoms with Gasteiger partial charge in [-0.1, -0.05) is 30.3 Å². The normalized spacial score (nSPS) is 23.3. The van der Waals surface area contributed by atoms with Crippen LogP contribution in [0.4, 0.5) is 0 Å². The van der Waals surface area contributed by atoms with Gasteiger partial charge in [-0.15, -0.1) is 0 Å². The number of piperidine rings is 1. The van der Waals surface area contributed by atoms with Gasteiger partial charge in [-0.3, -0.25) is 4.90 Å². The van der Waals surface area contributed by atoms with Crippen molar-refractivity contribution < 1.29 is 4.74 Å². The van der Waals surface area contributed by atoms with E-state index < -0.39 is 0 Å². The van der Waals surface area contributed by atoms with Crippen molar-refractivity contribution in [2.75, 3.05) is 13.7 Å². The molecule has 4 heteroatoms. The maximum Gasteiger partial charge on any atom is 0.0922 e. The molecule has 21 heavy (non-hydrogen) atoms. The van der Waals surface area contributed by atoms with Gasteiger partial charge in [0.05, 0.1) is 12.4 Å². The summed E-state index contributed by atoms with van der Waals surface area (Å²) >= 11 is 0. The average Bonchev–Trinajstić information content (AvgIpc) is 3.03. The molecule has 2 atom stereocenters. The Morgan fingerprint density at radius 3 is 2.90 bits per heavy atom. The lowest BCUT2D eigenvalue weighted by Gasteiger charge is -2.40. The Morgan fingerprint density at radius 1 is 1.33 bits per heavy atom. The van der Waals surface area contributed by atoms with Crippen LogP contribution in [0.25, 0.3) is 0 Å². The number of aromatic nitrogens is 2. The Morgan fingerprint density at radius 2 is 2.19 bits per heavy atom. The van der Waals surface area contributed by atoms with Crippen LogP contribution in [0.5, 0.6) is 0 Å². The van der Waals surface area contributed by atoms with Crippen LogP contribution >= 0.6 is 0 Å². The van der Waals surface area contributed by atoms with Gasteiger partial charge in [-0.05, 0) is 31.4 Å². The first-order chi connectivity index (χ1) is 10.4. The smallest absolute Gasteiger partial charge is 0.0922 e. The fourth-order valence-electron chi connectivity index (χ4n) is 3.27.